The number of thiazole rings is 1. The molecule has 0 spiro atoms. The zero-order valence-corrected chi connectivity index (χ0v) is 29.0. The molecule has 1 aliphatic carbocycles. The molecule has 1 saturated carbocycles. The minimum atomic E-state index is -0.959. The van der Waals surface area contributed by atoms with Gasteiger partial charge in [0, 0.05) is 41.8 Å². The number of likely N-dealkylation sites (tertiary alicyclic amines) is 1. The Morgan fingerprint density at radius 2 is 1.94 bits per heavy atom. The quantitative estimate of drug-likeness (QED) is 0.195. The number of carbonyl (C=O) groups is 3. The fourth-order valence-electron chi connectivity index (χ4n) is 6.18. The van der Waals surface area contributed by atoms with Crippen molar-refractivity contribution in [3.63, 3.8) is 0 Å². The zero-order chi connectivity index (χ0) is 34.3. The third-order valence-corrected chi connectivity index (χ3v) is 9.84. The van der Waals surface area contributed by atoms with Gasteiger partial charge < -0.3 is 30.2 Å². The topological polar surface area (TPSA) is 146 Å². The molecule has 3 N–H and O–H groups in total. The maximum atomic E-state index is 14.0. The van der Waals surface area contributed by atoms with Crippen LogP contribution in [-0.4, -0.2) is 77.5 Å². The van der Waals surface area contributed by atoms with Crippen LogP contribution in [-0.2, 0) is 19.1 Å². The number of esters is 1. The monoisotopic (exact) mass is 663 g/mol. The molecule has 0 unspecified atom stereocenters. The molecule has 1 aromatic carbocycles. The van der Waals surface area contributed by atoms with Gasteiger partial charge in [0.25, 0.3) is 0 Å². The minimum absolute atomic E-state index is 0.0546. The van der Waals surface area contributed by atoms with Crippen molar-refractivity contribution in [3.8, 4) is 22.9 Å². The van der Waals surface area contributed by atoms with Crippen molar-refractivity contribution in [2.45, 2.75) is 78.1 Å². The number of amides is 1. The fraction of sp³-hybridized carbons (Fsp3) is 0.514. The van der Waals surface area contributed by atoms with Crippen molar-refractivity contribution in [2.75, 3.05) is 26.1 Å². The van der Waals surface area contributed by atoms with E-state index in [0.29, 0.717) is 34.8 Å². The lowest BCUT2D eigenvalue weighted by atomic mass is 9.86. The molecular formula is C35H45N5O6S. The van der Waals surface area contributed by atoms with Crippen LogP contribution in [0.4, 0.5) is 5.13 Å². The summed E-state index contributed by atoms with van der Waals surface area (Å²) in [7, 11) is 2.92. The van der Waals surface area contributed by atoms with Gasteiger partial charge in [-0.2, -0.15) is 0 Å². The molecule has 12 heteroatoms. The summed E-state index contributed by atoms with van der Waals surface area (Å²) in [5.74, 6) is 0.0375. The molecular weight excluding hydrogens is 618 g/mol. The Morgan fingerprint density at radius 1 is 1.19 bits per heavy atom. The van der Waals surface area contributed by atoms with Crippen LogP contribution >= 0.6 is 11.3 Å². The first-order chi connectivity index (χ1) is 22.2. The Morgan fingerprint density at radius 3 is 2.55 bits per heavy atom. The molecule has 47 heavy (non-hydrogen) atoms. The second kappa shape index (κ2) is 13.2. The maximum absolute atomic E-state index is 14.0. The molecule has 2 fully saturated rings. The second-order valence-corrected chi connectivity index (χ2v) is 14.7. The van der Waals surface area contributed by atoms with E-state index in [4.69, 9.17) is 29.9 Å². The third kappa shape index (κ3) is 6.99. The molecule has 11 nitrogen and oxygen atoms in total. The molecule has 0 radical (unpaired) electrons. The van der Waals surface area contributed by atoms with Crippen molar-refractivity contribution in [1.82, 2.24) is 14.9 Å². The number of nitrogens with zero attached hydrogens (tertiary/aromatic N) is 3. The van der Waals surface area contributed by atoms with Crippen LogP contribution < -0.4 is 20.5 Å². The number of aromatic nitrogens is 2. The maximum Gasteiger partial charge on any atom is 0.312 e. The standard InChI is InChI=1S/C35H45N5O6S/c1-9-20-15-35(20,32(43)45-8)16-28(41)27-13-22(17-40(27)31(42)30(36)34(4,5)6)46-29-14-25(26-18-47-33(39-26)37-19(2)3)38-24-12-21(44-7)10-11-23(24)29/h9-12,14,18-20,22,27,30H,1,13,15-17,36H2,2-8H3,(H,37,39)/t20-,22-,27+,30-,35-/m1/s1. The van der Waals surface area contributed by atoms with Crippen LogP contribution in [0.25, 0.3) is 22.3 Å². The smallest absolute Gasteiger partial charge is 0.312 e. The van der Waals surface area contributed by atoms with Crippen molar-refractivity contribution >= 4 is 45.0 Å². The first kappa shape index (κ1) is 34.3. The summed E-state index contributed by atoms with van der Waals surface area (Å²) in [5, 5.41) is 6.80. The second-order valence-electron chi connectivity index (χ2n) is 13.9. The summed E-state index contributed by atoms with van der Waals surface area (Å²) >= 11 is 1.49. The van der Waals surface area contributed by atoms with Gasteiger partial charge in [0.05, 0.1) is 49.5 Å². The number of Topliss-reactive ketones (excluding diaryl/α,β-unsaturated/α-hetero) is 1. The van der Waals surface area contributed by atoms with Gasteiger partial charge >= 0.3 is 5.97 Å². The Kier molecular flexibility index (Phi) is 9.66. The van der Waals surface area contributed by atoms with E-state index < -0.39 is 35.0 Å². The van der Waals surface area contributed by atoms with Gasteiger partial charge in [-0.3, -0.25) is 14.4 Å². The van der Waals surface area contributed by atoms with E-state index in [1.807, 2.05) is 64.3 Å². The van der Waals surface area contributed by atoms with Crippen LogP contribution in [0.2, 0.25) is 0 Å². The summed E-state index contributed by atoms with van der Waals surface area (Å²) in [4.78, 5) is 51.8. The highest BCUT2D eigenvalue weighted by Crippen LogP contribution is 2.57. The average molecular weight is 664 g/mol. The lowest BCUT2D eigenvalue weighted by molar-refractivity contribution is -0.150. The first-order valence-corrected chi connectivity index (χ1v) is 16.8. The van der Waals surface area contributed by atoms with Gasteiger partial charge in [-0.25, -0.2) is 9.97 Å². The van der Waals surface area contributed by atoms with Crippen LogP contribution in [0.15, 0.2) is 42.3 Å². The first-order valence-electron chi connectivity index (χ1n) is 15.9. The molecule has 1 saturated heterocycles. The van der Waals surface area contributed by atoms with E-state index in [-0.39, 0.29) is 43.0 Å². The number of hydrogen-bond acceptors (Lipinski definition) is 11. The summed E-state index contributed by atoms with van der Waals surface area (Å²) in [6, 6.07) is 5.96. The summed E-state index contributed by atoms with van der Waals surface area (Å²) in [5.41, 5.74) is 6.91. The summed E-state index contributed by atoms with van der Waals surface area (Å²) in [6.45, 7) is 13.8. The van der Waals surface area contributed by atoms with Gasteiger partial charge in [0.2, 0.25) is 5.91 Å². The predicted octanol–water partition coefficient (Wildman–Crippen LogP) is 5.23. The van der Waals surface area contributed by atoms with Crippen molar-refractivity contribution < 1.29 is 28.6 Å². The number of pyridine rings is 1. The highest BCUT2D eigenvalue weighted by Gasteiger charge is 2.61. The Balaban J connectivity index is 1.48. The number of fused-ring (bicyclic) bond motifs is 1. The number of nitrogens with one attached hydrogen (secondary N) is 1. The predicted molar refractivity (Wildman–Crippen MR) is 183 cm³/mol. The number of methoxy groups -OCH3 is 2. The highest BCUT2D eigenvalue weighted by atomic mass is 32.1. The van der Waals surface area contributed by atoms with Crippen molar-refractivity contribution in [3.05, 3.63) is 42.3 Å². The SMILES string of the molecule is C=C[C@@H]1C[C@]1(CC(=O)[C@@H]1C[C@@H](Oc2cc(-c3csc(NC(C)C)n3)nc3cc(OC)ccc23)CN1C(=O)[C@@H](N)C(C)(C)C)C(=O)OC. The fourth-order valence-corrected chi connectivity index (χ4v) is 7.03. The molecule has 1 amide bonds. The van der Waals surface area contributed by atoms with E-state index in [1.54, 1.807) is 13.2 Å². The number of rotatable bonds is 12. The average Bonchev–Trinajstić information content (AvgIpc) is 3.31. The van der Waals surface area contributed by atoms with E-state index in [2.05, 4.69) is 11.9 Å². The number of allylic oxidation sites excluding steroid dienone is 1. The molecule has 3 heterocycles. The molecule has 2 aromatic heterocycles. The number of benzene rings is 1. The lowest BCUT2D eigenvalue weighted by Crippen LogP contribution is -2.53. The molecule has 5 atom stereocenters. The number of nitrogens with two attached hydrogens (primary N) is 1. The van der Waals surface area contributed by atoms with Crippen LogP contribution in [0.3, 0.4) is 0 Å². The zero-order valence-electron chi connectivity index (χ0n) is 28.2. The van der Waals surface area contributed by atoms with Gasteiger partial charge in [-0.15, -0.1) is 17.9 Å². The van der Waals surface area contributed by atoms with Crippen molar-refractivity contribution in [2.24, 2.45) is 22.5 Å². The Labute approximate surface area is 279 Å². The summed E-state index contributed by atoms with van der Waals surface area (Å²) in [6.07, 6.45) is 1.83. The molecule has 3 aromatic rings. The highest BCUT2D eigenvalue weighted by molar-refractivity contribution is 7.14. The van der Waals surface area contributed by atoms with Crippen molar-refractivity contribution in [1.29, 1.82) is 0 Å². The molecule has 252 valence electrons. The Hall–Kier alpha value is -4.03. The molecule has 1 aliphatic heterocycles. The van der Waals surface area contributed by atoms with E-state index >= 15 is 0 Å². The normalized spacial score (nSPS) is 23.0. The number of ketones is 1. The lowest BCUT2D eigenvalue weighted by Gasteiger charge is -2.32. The van der Waals surface area contributed by atoms with Gasteiger partial charge in [-0.1, -0.05) is 26.8 Å². The number of ether oxygens (including phenoxy) is 3. The number of anilines is 1. The van der Waals surface area contributed by atoms with Crippen LogP contribution in [0.1, 0.15) is 53.9 Å². The third-order valence-electron chi connectivity index (χ3n) is 9.07. The molecule has 0 bridgehead atoms. The molecule has 2 aliphatic rings. The molecule has 5 rings (SSSR count). The van der Waals surface area contributed by atoms with Gasteiger partial charge in [-0.05, 0) is 43.7 Å². The summed E-state index contributed by atoms with van der Waals surface area (Å²) < 4.78 is 17.2. The van der Waals surface area contributed by atoms with Gasteiger partial charge in [0.1, 0.15) is 23.3 Å². The van der Waals surface area contributed by atoms with Crippen LogP contribution in [0, 0.1) is 16.7 Å². The van der Waals surface area contributed by atoms with E-state index in [0.717, 1.165) is 10.5 Å². The number of hydrogen-bond donors (Lipinski definition) is 2. The van der Waals surface area contributed by atoms with E-state index in [9.17, 15) is 14.4 Å². The Bertz CT molecular complexity index is 1680. The minimum Gasteiger partial charge on any atom is -0.497 e. The van der Waals surface area contributed by atoms with Crippen LogP contribution in [0.5, 0.6) is 11.5 Å². The largest absolute Gasteiger partial charge is 0.497 e. The van der Waals surface area contributed by atoms with E-state index in [1.165, 1.54) is 23.3 Å². The van der Waals surface area contributed by atoms with Gasteiger partial charge in [0.15, 0.2) is 10.9 Å². The number of carbonyl (C=O) groups excluding carboxylic acids is 3.